The van der Waals surface area contributed by atoms with Crippen molar-refractivity contribution in [3.63, 3.8) is 0 Å². The van der Waals surface area contributed by atoms with E-state index in [9.17, 15) is 10.2 Å². The number of allylic oxidation sites excluding steroid dienone is 1. The molecular weight excluding hydrogens is 322 g/mol. The van der Waals surface area contributed by atoms with Gasteiger partial charge in [0.25, 0.3) is 0 Å². The van der Waals surface area contributed by atoms with Crippen molar-refractivity contribution in [2.75, 3.05) is 14.1 Å². The Balaban J connectivity index is 1.73. The molecule has 0 aliphatic carbocycles. The number of quaternary nitrogens is 1. The first-order valence-corrected chi connectivity index (χ1v) is 9.57. The molecule has 2 aromatic rings. The summed E-state index contributed by atoms with van der Waals surface area (Å²) in [6.07, 6.45) is 7.47. The standard InChI is InChI=1S/C23H27NO2/c1-24(2)19-9-10-20(24)12-16(11-19)13-23(17-5-3-7-21(25)14-17)18-6-4-8-22(26)15-18/h3-8,13-16,19-20H,9-12H2,1-2H3,(H-,25,26)/p+1/t19-,20-/m0/s1. The number of phenols is 2. The highest BCUT2D eigenvalue weighted by Gasteiger charge is 2.48. The van der Waals surface area contributed by atoms with Gasteiger partial charge in [0.05, 0.1) is 26.2 Å². The van der Waals surface area contributed by atoms with Crippen LogP contribution in [0.3, 0.4) is 0 Å². The molecule has 0 spiro atoms. The Labute approximate surface area is 155 Å². The molecule has 0 saturated carbocycles. The van der Waals surface area contributed by atoms with Crippen molar-refractivity contribution < 1.29 is 14.7 Å². The first kappa shape index (κ1) is 17.2. The van der Waals surface area contributed by atoms with E-state index in [2.05, 4.69) is 20.2 Å². The van der Waals surface area contributed by atoms with E-state index in [0.29, 0.717) is 5.92 Å². The topological polar surface area (TPSA) is 40.5 Å². The molecule has 2 aliphatic rings. The second-order valence-corrected chi connectivity index (χ2v) is 8.43. The molecule has 0 aromatic heterocycles. The summed E-state index contributed by atoms with van der Waals surface area (Å²) in [6, 6.07) is 16.3. The van der Waals surface area contributed by atoms with E-state index in [1.165, 1.54) is 25.7 Å². The summed E-state index contributed by atoms with van der Waals surface area (Å²) in [6.45, 7) is 0. The average Bonchev–Trinajstić information content (AvgIpc) is 2.77. The molecule has 4 rings (SSSR count). The molecule has 3 nitrogen and oxygen atoms in total. The highest BCUT2D eigenvalue weighted by atomic mass is 16.3. The predicted molar refractivity (Wildman–Crippen MR) is 105 cm³/mol. The maximum absolute atomic E-state index is 9.95. The molecule has 2 bridgehead atoms. The van der Waals surface area contributed by atoms with Gasteiger partial charge in [0.1, 0.15) is 11.5 Å². The van der Waals surface area contributed by atoms with E-state index in [0.717, 1.165) is 33.3 Å². The summed E-state index contributed by atoms with van der Waals surface area (Å²) in [4.78, 5) is 0. The zero-order chi connectivity index (χ0) is 18.3. The van der Waals surface area contributed by atoms with Gasteiger partial charge < -0.3 is 14.7 Å². The fourth-order valence-corrected chi connectivity index (χ4v) is 5.00. The zero-order valence-electron chi connectivity index (χ0n) is 15.6. The minimum atomic E-state index is 0.273. The molecule has 2 N–H and O–H groups in total. The van der Waals surface area contributed by atoms with Crippen LogP contribution in [0.2, 0.25) is 0 Å². The van der Waals surface area contributed by atoms with Crippen LogP contribution in [0.5, 0.6) is 11.5 Å². The third-order valence-corrected chi connectivity index (χ3v) is 6.58. The van der Waals surface area contributed by atoms with Crippen molar-refractivity contribution >= 4 is 5.57 Å². The van der Waals surface area contributed by atoms with Gasteiger partial charge in [-0.25, -0.2) is 0 Å². The molecule has 0 radical (unpaired) electrons. The number of fused-ring (bicyclic) bond motifs is 2. The number of nitrogens with zero attached hydrogens (tertiary/aromatic N) is 1. The fourth-order valence-electron chi connectivity index (χ4n) is 5.00. The van der Waals surface area contributed by atoms with Crippen LogP contribution in [-0.4, -0.2) is 40.9 Å². The lowest BCUT2D eigenvalue weighted by Gasteiger charge is -2.44. The number of aromatic hydroxyl groups is 2. The number of hydrogen-bond donors (Lipinski definition) is 2. The van der Waals surface area contributed by atoms with Crippen molar-refractivity contribution in [2.45, 2.75) is 37.8 Å². The lowest BCUT2D eigenvalue weighted by Crippen LogP contribution is -2.54. The van der Waals surface area contributed by atoms with Gasteiger partial charge in [0, 0.05) is 25.7 Å². The third-order valence-electron chi connectivity index (χ3n) is 6.58. The van der Waals surface area contributed by atoms with Crippen molar-refractivity contribution in [1.82, 2.24) is 0 Å². The van der Waals surface area contributed by atoms with Crippen LogP contribution in [0, 0.1) is 5.92 Å². The third kappa shape index (κ3) is 3.12. The van der Waals surface area contributed by atoms with Gasteiger partial charge in [0.2, 0.25) is 0 Å². The average molecular weight is 350 g/mol. The van der Waals surface area contributed by atoms with Crippen LogP contribution in [0.4, 0.5) is 0 Å². The zero-order valence-corrected chi connectivity index (χ0v) is 15.6. The van der Waals surface area contributed by atoms with Gasteiger partial charge in [-0.1, -0.05) is 30.3 Å². The molecule has 0 unspecified atom stereocenters. The molecule has 136 valence electrons. The summed E-state index contributed by atoms with van der Waals surface area (Å²) in [7, 11) is 4.77. The minimum absolute atomic E-state index is 0.273. The molecule has 2 fully saturated rings. The van der Waals surface area contributed by atoms with E-state index < -0.39 is 0 Å². The Kier molecular flexibility index (Phi) is 4.28. The SMILES string of the molecule is C[N+]1(C)[C@H]2CC[C@H]1CC(C=C(c1cccc(O)c1)c1cccc(O)c1)C2. The highest BCUT2D eigenvalue weighted by molar-refractivity contribution is 5.81. The molecule has 2 atom stereocenters. The maximum atomic E-state index is 9.95. The largest absolute Gasteiger partial charge is 0.508 e. The summed E-state index contributed by atoms with van der Waals surface area (Å²) < 4.78 is 1.16. The Morgan fingerprint density at radius 3 is 1.85 bits per heavy atom. The number of phenolic OH excluding ortho intramolecular Hbond substituents is 2. The van der Waals surface area contributed by atoms with Crippen molar-refractivity contribution in [3.05, 3.63) is 65.7 Å². The lowest BCUT2D eigenvalue weighted by atomic mass is 9.85. The van der Waals surface area contributed by atoms with Gasteiger partial charge in [-0.2, -0.15) is 0 Å². The minimum Gasteiger partial charge on any atom is -0.508 e. The first-order chi connectivity index (χ1) is 12.4. The number of rotatable bonds is 3. The predicted octanol–water partition coefficient (Wildman–Crippen LogP) is 4.55. The van der Waals surface area contributed by atoms with Crippen LogP contribution in [0.25, 0.3) is 5.57 Å². The quantitative estimate of drug-likeness (QED) is 0.798. The van der Waals surface area contributed by atoms with Gasteiger partial charge in [-0.3, -0.25) is 0 Å². The first-order valence-electron chi connectivity index (χ1n) is 9.57. The van der Waals surface area contributed by atoms with Gasteiger partial charge in [-0.15, -0.1) is 0 Å². The highest BCUT2D eigenvalue weighted by Crippen LogP contribution is 2.44. The molecule has 2 heterocycles. The lowest BCUT2D eigenvalue weighted by molar-refractivity contribution is -0.931. The fraction of sp³-hybridized carbons (Fsp3) is 0.391. The van der Waals surface area contributed by atoms with Crippen LogP contribution < -0.4 is 0 Å². The molecule has 0 amide bonds. The smallest absolute Gasteiger partial charge is 0.116 e. The number of benzene rings is 2. The van der Waals surface area contributed by atoms with Crippen molar-refractivity contribution in [1.29, 1.82) is 0 Å². The molecule has 2 aliphatic heterocycles. The molecule has 2 saturated heterocycles. The van der Waals surface area contributed by atoms with Crippen LogP contribution in [0.15, 0.2) is 54.6 Å². The Morgan fingerprint density at radius 1 is 0.885 bits per heavy atom. The second-order valence-electron chi connectivity index (χ2n) is 8.43. The van der Waals surface area contributed by atoms with E-state index in [-0.39, 0.29) is 11.5 Å². The summed E-state index contributed by atoms with van der Waals surface area (Å²) >= 11 is 0. The van der Waals surface area contributed by atoms with Crippen molar-refractivity contribution in [3.8, 4) is 11.5 Å². The molecule has 26 heavy (non-hydrogen) atoms. The molecule has 3 heteroatoms. The van der Waals surface area contributed by atoms with E-state index in [1.54, 1.807) is 12.1 Å². The Morgan fingerprint density at radius 2 is 1.38 bits per heavy atom. The Hall–Kier alpha value is -2.26. The van der Waals surface area contributed by atoms with Crippen LogP contribution >= 0.6 is 0 Å². The monoisotopic (exact) mass is 350 g/mol. The summed E-state index contributed by atoms with van der Waals surface area (Å²) in [5, 5.41) is 19.9. The molecular formula is C23H28NO2+. The van der Waals surface area contributed by atoms with E-state index in [4.69, 9.17) is 0 Å². The second kappa shape index (κ2) is 6.48. The van der Waals surface area contributed by atoms with E-state index in [1.807, 2.05) is 36.4 Å². The summed E-state index contributed by atoms with van der Waals surface area (Å²) in [5.74, 6) is 1.09. The van der Waals surface area contributed by atoms with Gasteiger partial charge in [-0.05, 0) is 46.9 Å². The van der Waals surface area contributed by atoms with Gasteiger partial charge >= 0.3 is 0 Å². The van der Waals surface area contributed by atoms with E-state index >= 15 is 0 Å². The summed E-state index contributed by atoms with van der Waals surface area (Å²) in [5.41, 5.74) is 3.11. The number of piperidine rings is 1. The van der Waals surface area contributed by atoms with Crippen LogP contribution in [0.1, 0.15) is 36.8 Å². The number of hydrogen-bond acceptors (Lipinski definition) is 2. The maximum Gasteiger partial charge on any atom is 0.116 e. The Bertz CT molecular complexity index is 776. The van der Waals surface area contributed by atoms with Crippen molar-refractivity contribution in [2.24, 2.45) is 5.92 Å². The van der Waals surface area contributed by atoms with Crippen LogP contribution in [-0.2, 0) is 0 Å². The van der Waals surface area contributed by atoms with Gasteiger partial charge in [0.15, 0.2) is 0 Å². The molecule has 2 aromatic carbocycles. The normalized spacial score (nSPS) is 26.5.